The molecule has 22 heavy (non-hydrogen) atoms. The van der Waals surface area contributed by atoms with E-state index >= 15 is 0 Å². The van der Waals surface area contributed by atoms with Gasteiger partial charge in [0.25, 0.3) is 0 Å². The largest absolute Gasteiger partial charge is 0.284 e. The Hall–Kier alpha value is -1.89. The molecule has 0 unspecified atom stereocenters. The van der Waals surface area contributed by atoms with Crippen LogP contribution in [0.4, 0.5) is 0 Å². The monoisotopic (exact) mass is 291 g/mol. The number of nitrogens with zero attached hydrogens (tertiary/aromatic N) is 1. The highest BCUT2D eigenvalue weighted by atomic mass is 14.8. The molecule has 1 aliphatic rings. The minimum atomic E-state index is 0.276. The van der Waals surface area contributed by atoms with Crippen LogP contribution in [0, 0.1) is 5.92 Å². The molecule has 3 rings (SSSR count). The van der Waals surface area contributed by atoms with Crippen LogP contribution < -0.4 is 0 Å². The van der Waals surface area contributed by atoms with E-state index < -0.39 is 0 Å². The average Bonchev–Trinajstić information content (AvgIpc) is 2.73. The van der Waals surface area contributed by atoms with Crippen LogP contribution >= 0.6 is 0 Å². The number of fused-ring (bicyclic) bond motifs is 1. The second kappa shape index (κ2) is 6.91. The van der Waals surface area contributed by atoms with Gasteiger partial charge in [-0.2, -0.15) is 0 Å². The fourth-order valence-corrected chi connectivity index (χ4v) is 3.89. The first-order valence-electron chi connectivity index (χ1n) is 8.52. The highest BCUT2D eigenvalue weighted by molar-refractivity contribution is 5.82. The van der Waals surface area contributed by atoms with Gasteiger partial charge in [-0.05, 0) is 41.4 Å². The lowest BCUT2D eigenvalue weighted by molar-refractivity contribution is 0.327. The van der Waals surface area contributed by atoms with Crippen LogP contribution in [-0.2, 0) is 0 Å². The van der Waals surface area contributed by atoms with E-state index in [9.17, 15) is 0 Å². The lowest BCUT2D eigenvalue weighted by Crippen LogP contribution is -2.19. The third-order valence-corrected chi connectivity index (χ3v) is 4.90. The molecule has 2 aromatic carbocycles. The van der Waals surface area contributed by atoms with Gasteiger partial charge in [0, 0.05) is 6.21 Å². The Labute approximate surface area is 134 Å². The summed E-state index contributed by atoms with van der Waals surface area (Å²) in [7, 11) is 0. The van der Waals surface area contributed by atoms with E-state index in [2.05, 4.69) is 74.7 Å². The standard InChI is InChI=1S/C21H25N/c1-3-10-20-18(4-2)19-14-9-8-13-17(19)15-22-21(20)16-11-6-5-7-12-16/h5-9,11-15,18,20-21H,3-4,10H2,1-2H3/t18-,20+,21+/m1/s1. The van der Waals surface area contributed by atoms with Crippen molar-refractivity contribution in [1.29, 1.82) is 0 Å². The van der Waals surface area contributed by atoms with Gasteiger partial charge in [0.15, 0.2) is 0 Å². The molecule has 0 saturated heterocycles. The summed E-state index contributed by atoms with van der Waals surface area (Å²) < 4.78 is 0. The molecule has 0 aliphatic carbocycles. The molecule has 0 fully saturated rings. The average molecular weight is 291 g/mol. The third-order valence-electron chi connectivity index (χ3n) is 4.90. The molecule has 0 N–H and O–H groups in total. The first kappa shape index (κ1) is 15.0. The quantitative estimate of drug-likeness (QED) is 0.678. The minimum Gasteiger partial charge on any atom is -0.284 e. The Morgan fingerprint density at radius 1 is 0.909 bits per heavy atom. The predicted molar refractivity (Wildman–Crippen MR) is 94.6 cm³/mol. The Balaban J connectivity index is 2.08. The van der Waals surface area contributed by atoms with Gasteiger partial charge >= 0.3 is 0 Å². The van der Waals surface area contributed by atoms with Crippen molar-refractivity contribution < 1.29 is 0 Å². The van der Waals surface area contributed by atoms with E-state index in [1.165, 1.54) is 36.0 Å². The molecule has 0 amide bonds. The van der Waals surface area contributed by atoms with Crippen LogP contribution in [0.2, 0.25) is 0 Å². The number of rotatable bonds is 4. The van der Waals surface area contributed by atoms with Crippen molar-refractivity contribution in [2.45, 2.75) is 45.1 Å². The van der Waals surface area contributed by atoms with E-state index in [4.69, 9.17) is 4.99 Å². The Bertz CT molecular complexity index is 629. The van der Waals surface area contributed by atoms with Crippen molar-refractivity contribution >= 4 is 6.21 Å². The molecule has 0 bridgehead atoms. The molecule has 1 heterocycles. The topological polar surface area (TPSA) is 12.4 Å². The first-order chi connectivity index (χ1) is 10.8. The maximum absolute atomic E-state index is 5.01. The molecule has 1 aliphatic heterocycles. The predicted octanol–water partition coefficient (Wildman–Crippen LogP) is 5.77. The molecule has 3 atom stereocenters. The van der Waals surface area contributed by atoms with Crippen molar-refractivity contribution in [2.75, 3.05) is 0 Å². The summed E-state index contributed by atoms with van der Waals surface area (Å²) in [5.74, 6) is 1.17. The molecule has 1 heteroatoms. The molecule has 1 nitrogen and oxygen atoms in total. The van der Waals surface area contributed by atoms with Crippen molar-refractivity contribution in [1.82, 2.24) is 0 Å². The summed E-state index contributed by atoms with van der Waals surface area (Å²) in [6.45, 7) is 4.60. The summed E-state index contributed by atoms with van der Waals surface area (Å²) >= 11 is 0. The minimum absolute atomic E-state index is 0.276. The molecule has 0 saturated carbocycles. The number of benzene rings is 2. The number of aliphatic imine (C=N–C) groups is 1. The second-order valence-corrected chi connectivity index (χ2v) is 6.23. The van der Waals surface area contributed by atoms with E-state index in [1.54, 1.807) is 0 Å². The van der Waals surface area contributed by atoms with E-state index in [0.717, 1.165) is 0 Å². The Morgan fingerprint density at radius 2 is 1.64 bits per heavy atom. The highest BCUT2D eigenvalue weighted by Gasteiger charge is 2.32. The van der Waals surface area contributed by atoms with Crippen molar-refractivity contribution in [2.24, 2.45) is 10.9 Å². The van der Waals surface area contributed by atoms with Crippen LogP contribution in [0.25, 0.3) is 0 Å². The van der Waals surface area contributed by atoms with E-state index in [1.807, 2.05) is 0 Å². The van der Waals surface area contributed by atoms with Crippen LogP contribution in [0.15, 0.2) is 59.6 Å². The zero-order valence-electron chi connectivity index (χ0n) is 13.6. The van der Waals surface area contributed by atoms with Gasteiger partial charge < -0.3 is 0 Å². The fraction of sp³-hybridized carbons (Fsp3) is 0.381. The van der Waals surface area contributed by atoms with Crippen LogP contribution in [0.1, 0.15) is 61.8 Å². The van der Waals surface area contributed by atoms with Gasteiger partial charge in [-0.1, -0.05) is 74.9 Å². The maximum Gasteiger partial charge on any atom is 0.0783 e. The Morgan fingerprint density at radius 3 is 2.36 bits per heavy atom. The van der Waals surface area contributed by atoms with Gasteiger partial charge in [0.1, 0.15) is 0 Å². The maximum atomic E-state index is 5.01. The van der Waals surface area contributed by atoms with Gasteiger partial charge in [0.05, 0.1) is 6.04 Å². The molecule has 0 radical (unpaired) electrons. The number of hydrogen-bond acceptors (Lipinski definition) is 1. The van der Waals surface area contributed by atoms with Crippen molar-refractivity contribution in [3.8, 4) is 0 Å². The van der Waals surface area contributed by atoms with Gasteiger partial charge in [-0.15, -0.1) is 0 Å². The molecular weight excluding hydrogens is 266 g/mol. The van der Waals surface area contributed by atoms with Gasteiger partial charge in [-0.25, -0.2) is 0 Å². The summed E-state index contributed by atoms with van der Waals surface area (Å²) in [5.41, 5.74) is 4.13. The molecule has 0 aromatic heterocycles. The molecule has 0 spiro atoms. The number of hydrogen-bond donors (Lipinski definition) is 0. The molecular formula is C21H25N. The van der Waals surface area contributed by atoms with Crippen LogP contribution in [0.3, 0.4) is 0 Å². The smallest absolute Gasteiger partial charge is 0.0783 e. The summed E-state index contributed by atoms with van der Waals surface area (Å²) in [5, 5.41) is 0. The van der Waals surface area contributed by atoms with Crippen LogP contribution in [-0.4, -0.2) is 6.21 Å². The first-order valence-corrected chi connectivity index (χ1v) is 8.52. The normalized spacial score (nSPS) is 23.8. The third kappa shape index (κ3) is 2.85. The summed E-state index contributed by atoms with van der Waals surface area (Å²) in [6, 6.07) is 19.9. The lowest BCUT2D eigenvalue weighted by Gasteiger charge is -2.30. The Kier molecular flexibility index (Phi) is 4.72. The SMILES string of the molecule is CCC[C@H]1[C@H](CC)c2ccccc2C=N[C@H]1c1ccccc1. The highest BCUT2D eigenvalue weighted by Crippen LogP contribution is 2.44. The summed E-state index contributed by atoms with van der Waals surface area (Å²) in [6.07, 6.45) is 5.71. The van der Waals surface area contributed by atoms with Gasteiger partial charge in [0.2, 0.25) is 0 Å². The zero-order chi connectivity index (χ0) is 15.4. The van der Waals surface area contributed by atoms with Crippen molar-refractivity contribution in [3.63, 3.8) is 0 Å². The van der Waals surface area contributed by atoms with E-state index in [-0.39, 0.29) is 6.04 Å². The van der Waals surface area contributed by atoms with E-state index in [0.29, 0.717) is 11.8 Å². The molecule has 114 valence electrons. The zero-order valence-corrected chi connectivity index (χ0v) is 13.6. The fourth-order valence-electron chi connectivity index (χ4n) is 3.89. The van der Waals surface area contributed by atoms with Gasteiger partial charge in [-0.3, -0.25) is 4.99 Å². The van der Waals surface area contributed by atoms with Crippen molar-refractivity contribution in [3.05, 3.63) is 71.3 Å². The molecule has 2 aromatic rings. The van der Waals surface area contributed by atoms with Crippen LogP contribution in [0.5, 0.6) is 0 Å². The second-order valence-electron chi connectivity index (χ2n) is 6.23. The summed E-state index contributed by atoms with van der Waals surface area (Å²) in [4.78, 5) is 5.01. The lowest BCUT2D eigenvalue weighted by atomic mass is 9.75.